The van der Waals surface area contributed by atoms with Crippen LogP contribution in [0.25, 0.3) is 0 Å². The minimum absolute atomic E-state index is 0.00447. The summed E-state index contributed by atoms with van der Waals surface area (Å²) in [5.74, 6) is 0.761. The molecule has 0 spiro atoms. The van der Waals surface area contributed by atoms with Crippen molar-refractivity contribution in [1.29, 1.82) is 0 Å². The molecule has 22 heavy (non-hydrogen) atoms. The van der Waals surface area contributed by atoms with Crippen molar-refractivity contribution in [3.63, 3.8) is 0 Å². The maximum absolute atomic E-state index is 12.5. The number of carbonyl (C=O) groups excluding carboxylic acids is 1. The minimum atomic E-state index is -0.327. The Bertz CT molecular complexity index is 694. The van der Waals surface area contributed by atoms with Gasteiger partial charge in [-0.25, -0.2) is 9.97 Å². The van der Waals surface area contributed by atoms with Crippen molar-refractivity contribution in [3.05, 3.63) is 41.2 Å². The van der Waals surface area contributed by atoms with Crippen LogP contribution in [0.3, 0.4) is 0 Å². The summed E-state index contributed by atoms with van der Waals surface area (Å²) in [4.78, 5) is 21.3. The molecule has 0 saturated heterocycles. The van der Waals surface area contributed by atoms with Crippen molar-refractivity contribution < 1.29 is 4.79 Å². The van der Waals surface area contributed by atoms with Crippen LogP contribution in [-0.4, -0.2) is 25.7 Å². The maximum atomic E-state index is 12.5. The molecule has 0 bridgehead atoms. The molecular formula is C16H21N5O. The van der Waals surface area contributed by atoms with Crippen molar-refractivity contribution in [1.82, 2.24) is 25.1 Å². The first-order valence-corrected chi connectivity index (χ1v) is 7.69. The van der Waals surface area contributed by atoms with Crippen LogP contribution in [0.5, 0.6) is 0 Å². The second-order valence-electron chi connectivity index (χ2n) is 5.87. The Morgan fingerprint density at radius 1 is 1.45 bits per heavy atom. The van der Waals surface area contributed by atoms with Crippen LogP contribution in [0.2, 0.25) is 0 Å². The number of rotatable bonds is 3. The Morgan fingerprint density at radius 2 is 2.27 bits per heavy atom. The van der Waals surface area contributed by atoms with Crippen molar-refractivity contribution in [3.8, 4) is 0 Å². The molecule has 1 aliphatic carbocycles. The van der Waals surface area contributed by atoms with Crippen LogP contribution in [0.15, 0.2) is 18.5 Å². The lowest BCUT2D eigenvalue weighted by Crippen LogP contribution is -2.36. The van der Waals surface area contributed by atoms with Crippen LogP contribution in [-0.2, 0) is 11.2 Å². The summed E-state index contributed by atoms with van der Waals surface area (Å²) in [5, 5.41) is 7.35. The zero-order valence-electron chi connectivity index (χ0n) is 13.2. The molecule has 2 atom stereocenters. The molecule has 6 nitrogen and oxygen atoms in total. The quantitative estimate of drug-likeness (QED) is 0.941. The van der Waals surface area contributed by atoms with E-state index < -0.39 is 0 Å². The lowest BCUT2D eigenvalue weighted by molar-refractivity contribution is -0.125. The van der Waals surface area contributed by atoms with Crippen molar-refractivity contribution in [2.45, 2.75) is 52.1 Å². The van der Waals surface area contributed by atoms with Gasteiger partial charge in [0.25, 0.3) is 0 Å². The van der Waals surface area contributed by atoms with Gasteiger partial charge in [0.1, 0.15) is 11.9 Å². The second kappa shape index (κ2) is 5.87. The highest BCUT2D eigenvalue weighted by molar-refractivity contribution is 5.80. The molecule has 1 amide bonds. The van der Waals surface area contributed by atoms with E-state index in [0.29, 0.717) is 0 Å². The lowest BCUT2D eigenvalue weighted by atomic mass is 9.92. The third-order valence-corrected chi connectivity index (χ3v) is 4.23. The highest BCUT2D eigenvalue weighted by Crippen LogP contribution is 2.28. The van der Waals surface area contributed by atoms with Gasteiger partial charge in [-0.15, -0.1) is 0 Å². The molecule has 0 aromatic carbocycles. The fourth-order valence-electron chi connectivity index (χ4n) is 2.99. The fraction of sp³-hybridized carbons (Fsp3) is 0.500. The summed E-state index contributed by atoms with van der Waals surface area (Å²) in [6, 6.07) is 1.57. The molecule has 0 radical (unpaired) electrons. The first-order valence-electron chi connectivity index (χ1n) is 7.69. The van der Waals surface area contributed by atoms with E-state index in [1.807, 2.05) is 33.0 Å². The van der Waals surface area contributed by atoms with E-state index in [2.05, 4.69) is 20.4 Å². The van der Waals surface area contributed by atoms with Gasteiger partial charge in [-0.2, -0.15) is 5.10 Å². The van der Waals surface area contributed by atoms with Crippen molar-refractivity contribution in [2.75, 3.05) is 0 Å². The highest BCUT2D eigenvalue weighted by Gasteiger charge is 2.26. The third kappa shape index (κ3) is 2.73. The van der Waals surface area contributed by atoms with Gasteiger partial charge in [-0.1, -0.05) is 0 Å². The highest BCUT2D eigenvalue weighted by atomic mass is 16.2. The van der Waals surface area contributed by atoms with Crippen LogP contribution in [0, 0.1) is 13.8 Å². The monoisotopic (exact) mass is 299 g/mol. The number of amides is 1. The van der Waals surface area contributed by atoms with E-state index in [0.717, 1.165) is 42.0 Å². The number of carbonyl (C=O) groups is 1. The fourth-order valence-corrected chi connectivity index (χ4v) is 2.99. The first kappa shape index (κ1) is 14.7. The predicted molar refractivity (Wildman–Crippen MR) is 82.3 cm³/mol. The zero-order valence-corrected chi connectivity index (χ0v) is 13.2. The normalized spacial score (nSPS) is 18.6. The van der Waals surface area contributed by atoms with Gasteiger partial charge in [0.2, 0.25) is 5.91 Å². The third-order valence-electron chi connectivity index (χ3n) is 4.23. The summed E-state index contributed by atoms with van der Waals surface area (Å²) in [7, 11) is 0. The topological polar surface area (TPSA) is 72.7 Å². The van der Waals surface area contributed by atoms with E-state index in [9.17, 15) is 4.79 Å². The van der Waals surface area contributed by atoms with E-state index >= 15 is 0 Å². The summed E-state index contributed by atoms with van der Waals surface area (Å²) < 4.78 is 1.74. The van der Waals surface area contributed by atoms with Gasteiger partial charge in [0, 0.05) is 29.3 Å². The number of aryl methyl sites for hydroxylation is 3. The maximum Gasteiger partial charge on any atom is 0.245 e. The molecular weight excluding hydrogens is 278 g/mol. The van der Waals surface area contributed by atoms with Gasteiger partial charge >= 0.3 is 0 Å². The number of aromatic nitrogens is 4. The standard InChI is InChI=1S/C16H21N5O/c1-10-7-8-18-21(10)11(2)16(22)20-15-6-4-5-14-13(15)9-17-12(3)19-14/h7-9,11,15H,4-6H2,1-3H3,(H,20,22)/t11-,15+/m1/s1. The van der Waals surface area contributed by atoms with E-state index in [1.165, 1.54) is 0 Å². The summed E-state index contributed by atoms with van der Waals surface area (Å²) in [5.41, 5.74) is 3.09. The number of nitrogens with one attached hydrogen (secondary N) is 1. The Hall–Kier alpha value is -2.24. The second-order valence-corrected chi connectivity index (χ2v) is 5.87. The first-order chi connectivity index (χ1) is 10.6. The molecule has 2 aromatic heterocycles. The minimum Gasteiger partial charge on any atom is -0.347 e. The molecule has 6 heteroatoms. The van der Waals surface area contributed by atoms with Gasteiger partial charge in [-0.05, 0) is 46.1 Å². The average molecular weight is 299 g/mol. The predicted octanol–water partition coefficient (Wildman–Crippen LogP) is 2.04. The molecule has 2 aromatic rings. The average Bonchev–Trinajstić information content (AvgIpc) is 2.92. The molecule has 2 heterocycles. The van der Waals surface area contributed by atoms with Crippen molar-refractivity contribution >= 4 is 5.91 Å². The zero-order chi connectivity index (χ0) is 15.7. The molecule has 0 fully saturated rings. The molecule has 1 N–H and O–H groups in total. The van der Waals surface area contributed by atoms with Gasteiger partial charge < -0.3 is 5.32 Å². The van der Waals surface area contributed by atoms with Crippen LogP contribution in [0.4, 0.5) is 0 Å². The van der Waals surface area contributed by atoms with Crippen LogP contribution >= 0.6 is 0 Å². The van der Waals surface area contributed by atoms with Gasteiger partial charge in [-0.3, -0.25) is 9.48 Å². The smallest absolute Gasteiger partial charge is 0.245 e. The molecule has 0 unspecified atom stereocenters. The Labute approximate surface area is 130 Å². The van der Waals surface area contributed by atoms with Crippen LogP contribution in [0.1, 0.15) is 54.6 Å². The number of hydrogen-bond acceptors (Lipinski definition) is 4. The lowest BCUT2D eigenvalue weighted by Gasteiger charge is -2.27. The van der Waals surface area contributed by atoms with Crippen molar-refractivity contribution in [2.24, 2.45) is 0 Å². The van der Waals surface area contributed by atoms with Gasteiger partial charge in [0.05, 0.1) is 6.04 Å². The summed E-state index contributed by atoms with van der Waals surface area (Å²) >= 11 is 0. The summed E-state index contributed by atoms with van der Waals surface area (Å²) in [6.45, 7) is 5.71. The Balaban J connectivity index is 1.77. The van der Waals surface area contributed by atoms with Crippen LogP contribution < -0.4 is 5.32 Å². The van der Waals surface area contributed by atoms with Gasteiger partial charge in [0.15, 0.2) is 0 Å². The number of nitrogens with zero attached hydrogens (tertiary/aromatic N) is 4. The Morgan fingerprint density at radius 3 is 3.00 bits per heavy atom. The van der Waals surface area contributed by atoms with E-state index in [1.54, 1.807) is 10.9 Å². The molecule has 0 aliphatic heterocycles. The van der Waals surface area contributed by atoms with E-state index in [4.69, 9.17) is 0 Å². The number of fused-ring (bicyclic) bond motifs is 1. The molecule has 1 aliphatic rings. The number of hydrogen-bond donors (Lipinski definition) is 1. The molecule has 0 saturated carbocycles. The largest absolute Gasteiger partial charge is 0.347 e. The summed E-state index contributed by atoms with van der Waals surface area (Å²) in [6.07, 6.45) is 6.48. The molecule has 116 valence electrons. The van der Waals surface area contributed by atoms with E-state index in [-0.39, 0.29) is 18.0 Å². The Kier molecular flexibility index (Phi) is 3.92. The SMILES string of the molecule is Cc1ncc2c(n1)CCC[C@@H]2NC(=O)[C@@H](C)n1nccc1C. The molecule has 3 rings (SSSR count).